The standard InChI is InChI=1S/C19H31N/c1-4-6-13(2)10-19-11-14(20-18(19,3)12-19)7-5-8-15-16-9-17(15)16/h5,7,13-17,20H,4,6,8-12H2,1-3H3/b7-5-. The lowest BCUT2D eigenvalue weighted by Gasteiger charge is -2.19. The molecule has 0 radical (unpaired) electrons. The molecular weight excluding hydrogens is 242 g/mol. The second kappa shape index (κ2) is 4.35. The van der Waals surface area contributed by atoms with Crippen LogP contribution in [0, 0.1) is 29.1 Å². The Morgan fingerprint density at radius 1 is 1.35 bits per heavy atom. The molecule has 3 saturated carbocycles. The largest absolute Gasteiger partial charge is 0.305 e. The van der Waals surface area contributed by atoms with Crippen molar-refractivity contribution in [1.29, 1.82) is 0 Å². The minimum atomic E-state index is 0.464. The summed E-state index contributed by atoms with van der Waals surface area (Å²) in [6, 6.07) is 0.664. The molecule has 1 nitrogen and oxygen atoms in total. The van der Waals surface area contributed by atoms with Crippen molar-refractivity contribution in [3.63, 3.8) is 0 Å². The van der Waals surface area contributed by atoms with Crippen molar-refractivity contribution in [2.75, 3.05) is 0 Å². The van der Waals surface area contributed by atoms with E-state index in [1.165, 1.54) is 38.5 Å². The van der Waals surface area contributed by atoms with Gasteiger partial charge in [-0.1, -0.05) is 38.8 Å². The summed E-state index contributed by atoms with van der Waals surface area (Å²) in [5.41, 5.74) is 1.10. The minimum absolute atomic E-state index is 0.464. The highest BCUT2D eigenvalue weighted by Crippen LogP contribution is 2.70. The Balaban J connectivity index is 1.29. The molecule has 1 heterocycles. The molecule has 6 unspecified atom stereocenters. The van der Waals surface area contributed by atoms with E-state index in [4.69, 9.17) is 0 Å². The predicted octanol–water partition coefficient (Wildman–Crippen LogP) is 4.54. The summed E-state index contributed by atoms with van der Waals surface area (Å²) in [4.78, 5) is 0. The van der Waals surface area contributed by atoms with Gasteiger partial charge in [-0.05, 0) is 68.1 Å². The number of hydrogen-bond acceptors (Lipinski definition) is 1. The normalized spacial score (nSPS) is 52.8. The molecule has 0 bridgehead atoms. The second-order valence-corrected chi connectivity index (χ2v) is 8.73. The van der Waals surface area contributed by atoms with E-state index in [-0.39, 0.29) is 0 Å². The van der Waals surface area contributed by atoms with Gasteiger partial charge in [0.2, 0.25) is 0 Å². The van der Waals surface area contributed by atoms with E-state index in [0.29, 0.717) is 17.0 Å². The van der Waals surface area contributed by atoms with Crippen LogP contribution < -0.4 is 5.32 Å². The fourth-order valence-electron chi connectivity index (χ4n) is 5.44. The third-order valence-electron chi connectivity index (χ3n) is 7.00. The van der Waals surface area contributed by atoms with Crippen LogP contribution in [-0.2, 0) is 0 Å². The Labute approximate surface area is 124 Å². The van der Waals surface area contributed by atoms with Crippen molar-refractivity contribution >= 4 is 0 Å². The topological polar surface area (TPSA) is 12.0 Å². The van der Waals surface area contributed by atoms with Crippen molar-refractivity contribution in [3.8, 4) is 0 Å². The zero-order valence-corrected chi connectivity index (χ0v) is 13.5. The van der Waals surface area contributed by atoms with Crippen molar-refractivity contribution in [1.82, 2.24) is 5.32 Å². The first-order valence-corrected chi connectivity index (χ1v) is 9.01. The number of hydrogen-bond donors (Lipinski definition) is 1. The van der Waals surface area contributed by atoms with Gasteiger partial charge in [0.05, 0.1) is 0 Å². The van der Waals surface area contributed by atoms with Gasteiger partial charge in [-0.15, -0.1) is 0 Å². The molecule has 20 heavy (non-hydrogen) atoms. The molecule has 4 aliphatic rings. The SMILES string of the molecule is CCCC(C)CC12CC(/C=C\CC3C4CC34)NC1(C)C2. The van der Waals surface area contributed by atoms with Crippen LogP contribution in [0.25, 0.3) is 0 Å². The lowest BCUT2D eigenvalue weighted by atomic mass is 9.85. The molecular formula is C19H31N. The highest BCUT2D eigenvalue weighted by Gasteiger charge is 2.68. The van der Waals surface area contributed by atoms with Crippen molar-refractivity contribution < 1.29 is 0 Å². The van der Waals surface area contributed by atoms with Gasteiger partial charge in [0, 0.05) is 11.6 Å². The fourth-order valence-corrected chi connectivity index (χ4v) is 5.44. The van der Waals surface area contributed by atoms with Gasteiger partial charge >= 0.3 is 0 Å². The molecule has 0 amide bonds. The molecule has 1 N–H and O–H groups in total. The highest BCUT2D eigenvalue weighted by molar-refractivity contribution is 5.27. The third-order valence-corrected chi connectivity index (χ3v) is 7.00. The first-order valence-electron chi connectivity index (χ1n) is 9.01. The lowest BCUT2D eigenvalue weighted by Crippen LogP contribution is -2.31. The van der Waals surface area contributed by atoms with Gasteiger partial charge < -0.3 is 5.32 Å². The van der Waals surface area contributed by atoms with Gasteiger partial charge in [0.1, 0.15) is 0 Å². The van der Waals surface area contributed by atoms with E-state index < -0.39 is 0 Å². The maximum absolute atomic E-state index is 3.92. The van der Waals surface area contributed by atoms with Crippen LogP contribution in [0.4, 0.5) is 0 Å². The molecule has 112 valence electrons. The predicted molar refractivity (Wildman–Crippen MR) is 84.5 cm³/mol. The Morgan fingerprint density at radius 2 is 2.15 bits per heavy atom. The molecule has 1 heteroatoms. The highest BCUT2D eigenvalue weighted by atomic mass is 15.1. The maximum Gasteiger partial charge on any atom is 0.0261 e. The first-order chi connectivity index (χ1) is 9.57. The van der Waals surface area contributed by atoms with E-state index in [2.05, 4.69) is 38.2 Å². The van der Waals surface area contributed by atoms with E-state index in [1.54, 1.807) is 6.42 Å². The molecule has 0 spiro atoms. The number of fused-ring (bicyclic) bond motifs is 2. The number of allylic oxidation sites excluding steroid dienone is 1. The molecule has 1 saturated heterocycles. The number of piperidine rings is 1. The molecule has 3 aliphatic carbocycles. The van der Waals surface area contributed by atoms with Gasteiger partial charge in [0.25, 0.3) is 0 Å². The molecule has 0 aromatic heterocycles. The first kappa shape index (κ1) is 13.4. The van der Waals surface area contributed by atoms with Gasteiger partial charge in [-0.25, -0.2) is 0 Å². The average Bonchev–Trinajstić information content (AvgIpc) is 3.26. The summed E-state index contributed by atoms with van der Waals surface area (Å²) in [6.07, 6.45) is 14.9. The smallest absolute Gasteiger partial charge is 0.0261 e. The maximum atomic E-state index is 3.92. The quantitative estimate of drug-likeness (QED) is 0.672. The summed E-state index contributed by atoms with van der Waals surface area (Å²) in [5.74, 6) is 4.31. The molecule has 4 fully saturated rings. The average molecular weight is 273 g/mol. The van der Waals surface area contributed by atoms with Crippen molar-refractivity contribution in [2.45, 2.75) is 77.3 Å². The molecule has 1 aliphatic heterocycles. The zero-order chi connectivity index (χ0) is 14.0. The molecule has 6 atom stereocenters. The molecule has 0 aromatic rings. The van der Waals surface area contributed by atoms with E-state index in [0.717, 1.165) is 23.7 Å². The monoisotopic (exact) mass is 273 g/mol. The van der Waals surface area contributed by atoms with Crippen LogP contribution in [0.5, 0.6) is 0 Å². The summed E-state index contributed by atoms with van der Waals surface area (Å²) in [7, 11) is 0. The summed E-state index contributed by atoms with van der Waals surface area (Å²) < 4.78 is 0. The molecule has 0 aromatic carbocycles. The van der Waals surface area contributed by atoms with Crippen molar-refractivity contribution in [3.05, 3.63) is 12.2 Å². The van der Waals surface area contributed by atoms with E-state index in [9.17, 15) is 0 Å². The second-order valence-electron chi connectivity index (χ2n) is 8.73. The van der Waals surface area contributed by atoms with Gasteiger partial charge in [0.15, 0.2) is 0 Å². The Hall–Kier alpha value is -0.300. The fraction of sp³-hybridized carbons (Fsp3) is 0.895. The van der Waals surface area contributed by atoms with Gasteiger partial charge in [-0.2, -0.15) is 0 Å². The van der Waals surface area contributed by atoms with Crippen LogP contribution >= 0.6 is 0 Å². The van der Waals surface area contributed by atoms with Crippen LogP contribution in [0.15, 0.2) is 12.2 Å². The van der Waals surface area contributed by atoms with E-state index in [1.807, 2.05) is 0 Å². The van der Waals surface area contributed by atoms with Crippen LogP contribution in [0.2, 0.25) is 0 Å². The lowest BCUT2D eigenvalue weighted by molar-refractivity contribution is 0.331. The van der Waals surface area contributed by atoms with Crippen LogP contribution in [0.1, 0.15) is 65.7 Å². The minimum Gasteiger partial charge on any atom is -0.305 e. The Bertz CT molecular complexity index is 419. The molecule has 4 rings (SSSR count). The summed E-state index contributed by atoms with van der Waals surface area (Å²) in [5, 5.41) is 3.92. The zero-order valence-electron chi connectivity index (χ0n) is 13.5. The van der Waals surface area contributed by atoms with Crippen LogP contribution in [0.3, 0.4) is 0 Å². The number of rotatable bonds is 7. The Kier molecular flexibility index (Phi) is 2.91. The van der Waals surface area contributed by atoms with Gasteiger partial charge in [-0.3, -0.25) is 0 Å². The third kappa shape index (κ3) is 2.08. The summed E-state index contributed by atoms with van der Waals surface area (Å²) >= 11 is 0. The summed E-state index contributed by atoms with van der Waals surface area (Å²) in [6.45, 7) is 7.25. The van der Waals surface area contributed by atoms with Crippen molar-refractivity contribution in [2.24, 2.45) is 29.1 Å². The Morgan fingerprint density at radius 3 is 2.80 bits per heavy atom. The number of nitrogens with one attached hydrogen (secondary N) is 1. The van der Waals surface area contributed by atoms with E-state index >= 15 is 0 Å². The van der Waals surface area contributed by atoms with Crippen LogP contribution in [-0.4, -0.2) is 11.6 Å².